The van der Waals surface area contributed by atoms with Crippen LogP contribution in [-0.2, 0) is 13.1 Å². The number of anilines is 1. The highest BCUT2D eigenvalue weighted by Crippen LogP contribution is 2.20. The molecule has 2 aromatic carbocycles. The minimum atomic E-state index is -0.283. The SMILES string of the molecule is CN(C)Cc1ccc(NCc2c(F)cccc2Cl)cc1. The molecule has 0 fully saturated rings. The second-order valence-corrected chi connectivity index (χ2v) is 5.40. The zero-order valence-electron chi connectivity index (χ0n) is 11.7. The molecule has 2 rings (SSSR count). The van der Waals surface area contributed by atoms with Crippen molar-refractivity contribution in [1.82, 2.24) is 4.90 Å². The summed E-state index contributed by atoms with van der Waals surface area (Å²) < 4.78 is 13.6. The Kier molecular flexibility index (Phi) is 4.99. The standard InChI is InChI=1S/C16H18ClFN2/c1-20(2)11-12-6-8-13(9-7-12)19-10-14-15(17)4-3-5-16(14)18/h3-9,19H,10-11H2,1-2H3. The van der Waals surface area contributed by atoms with Crippen LogP contribution in [0.4, 0.5) is 10.1 Å². The monoisotopic (exact) mass is 292 g/mol. The van der Waals surface area contributed by atoms with Gasteiger partial charge in [0.05, 0.1) is 0 Å². The van der Waals surface area contributed by atoms with E-state index in [1.54, 1.807) is 12.1 Å². The summed E-state index contributed by atoms with van der Waals surface area (Å²) in [6, 6.07) is 12.8. The molecule has 0 saturated heterocycles. The molecule has 0 aromatic heterocycles. The smallest absolute Gasteiger partial charge is 0.129 e. The lowest BCUT2D eigenvalue weighted by atomic mass is 10.1. The summed E-state index contributed by atoms with van der Waals surface area (Å²) in [4.78, 5) is 2.11. The molecule has 0 aliphatic heterocycles. The minimum absolute atomic E-state index is 0.283. The van der Waals surface area contributed by atoms with Gasteiger partial charge in [-0.1, -0.05) is 29.8 Å². The van der Waals surface area contributed by atoms with Gasteiger partial charge in [-0.3, -0.25) is 0 Å². The Balaban J connectivity index is 2.00. The summed E-state index contributed by atoms with van der Waals surface area (Å²) in [6.07, 6.45) is 0. The van der Waals surface area contributed by atoms with Gasteiger partial charge in [-0.25, -0.2) is 4.39 Å². The summed E-state index contributed by atoms with van der Waals surface area (Å²) in [5.41, 5.74) is 2.68. The average Bonchev–Trinajstić information content (AvgIpc) is 2.39. The first-order valence-corrected chi connectivity index (χ1v) is 6.84. The lowest BCUT2D eigenvalue weighted by Gasteiger charge is -2.12. The quantitative estimate of drug-likeness (QED) is 0.890. The van der Waals surface area contributed by atoms with Crippen LogP contribution in [0.15, 0.2) is 42.5 Å². The largest absolute Gasteiger partial charge is 0.381 e. The summed E-state index contributed by atoms with van der Waals surface area (Å²) in [5.74, 6) is -0.283. The van der Waals surface area contributed by atoms with Crippen LogP contribution < -0.4 is 5.32 Å². The fourth-order valence-electron chi connectivity index (χ4n) is 1.98. The lowest BCUT2D eigenvalue weighted by molar-refractivity contribution is 0.402. The molecule has 2 aromatic rings. The second kappa shape index (κ2) is 6.73. The molecule has 4 heteroatoms. The van der Waals surface area contributed by atoms with E-state index in [1.807, 2.05) is 26.2 Å². The number of nitrogens with zero attached hydrogens (tertiary/aromatic N) is 1. The number of halogens is 2. The van der Waals surface area contributed by atoms with Gasteiger partial charge >= 0.3 is 0 Å². The highest BCUT2D eigenvalue weighted by atomic mass is 35.5. The summed E-state index contributed by atoms with van der Waals surface area (Å²) in [5, 5.41) is 3.63. The van der Waals surface area contributed by atoms with Crippen molar-refractivity contribution in [3.8, 4) is 0 Å². The van der Waals surface area contributed by atoms with Gasteiger partial charge in [-0.2, -0.15) is 0 Å². The van der Waals surface area contributed by atoms with Crippen LogP contribution in [0.2, 0.25) is 5.02 Å². The molecule has 0 aliphatic rings. The van der Waals surface area contributed by atoms with Crippen molar-refractivity contribution >= 4 is 17.3 Å². The van der Waals surface area contributed by atoms with E-state index in [1.165, 1.54) is 11.6 Å². The topological polar surface area (TPSA) is 15.3 Å². The maximum absolute atomic E-state index is 13.6. The molecule has 0 atom stereocenters. The van der Waals surface area contributed by atoms with Crippen molar-refractivity contribution in [2.45, 2.75) is 13.1 Å². The maximum Gasteiger partial charge on any atom is 0.129 e. The van der Waals surface area contributed by atoms with Gasteiger partial charge in [-0.15, -0.1) is 0 Å². The van der Waals surface area contributed by atoms with E-state index in [0.29, 0.717) is 17.1 Å². The first kappa shape index (κ1) is 14.8. The van der Waals surface area contributed by atoms with E-state index in [9.17, 15) is 4.39 Å². The zero-order chi connectivity index (χ0) is 14.5. The number of rotatable bonds is 5. The van der Waals surface area contributed by atoms with E-state index in [2.05, 4.69) is 22.3 Å². The lowest BCUT2D eigenvalue weighted by Crippen LogP contribution is -2.10. The summed E-state index contributed by atoms with van der Waals surface area (Å²) in [6.45, 7) is 1.28. The Hall–Kier alpha value is -1.58. The zero-order valence-corrected chi connectivity index (χ0v) is 12.4. The molecule has 106 valence electrons. The highest BCUT2D eigenvalue weighted by Gasteiger charge is 2.06. The van der Waals surface area contributed by atoms with Crippen molar-refractivity contribution in [2.24, 2.45) is 0 Å². The van der Waals surface area contributed by atoms with Crippen LogP contribution in [0, 0.1) is 5.82 Å². The predicted molar refractivity (Wildman–Crippen MR) is 82.6 cm³/mol. The van der Waals surface area contributed by atoms with Crippen LogP contribution >= 0.6 is 11.6 Å². The Labute approximate surface area is 124 Å². The molecule has 0 saturated carbocycles. The van der Waals surface area contributed by atoms with Gasteiger partial charge in [-0.05, 0) is 43.9 Å². The van der Waals surface area contributed by atoms with E-state index in [-0.39, 0.29) is 5.82 Å². The predicted octanol–water partition coefficient (Wildman–Crippen LogP) is 4.15. The van der Waals surface area contributed by atoms with Crippen LogP contribution in [0.5, 0.6) is 0 Å². The van der Waals surface area contributed by atoms with Gasteiger partial charge in [0.2, 0.25) is 0 Å². The first-order chi connectivity index (χ1) is 9.56. The number of nitrogens with one attached hydrogen (secondary N) is 1. The number of benzene rings is 2. The number of hydrogen-bond acceptors (Lipinski definition) is 2. The van der Waals surface area contributed by atoms with Crippen molar-refractivity contribution < 1.29 is 4.39 Å². The highest BCUT2D eigenvalue weighted by molar-refractivity contribution is 6.31. The fraction of sp³-hybridized carbons (Fsp3) is 0.250. The Bertz CT molecular complexity index is 547. The van der Waals surface area contributed by atoms with Crippen molar-refractivity contribution in [2.75, 3.05) is 19.4 Å². The average molecular weight is 293 g/mol. The molecule has 1 N–H and O–H groups in total. The van der Waals surface area contributed by atoms with Crippen LogP contribution in [-0.4, -0.2) is 19.0 Å². The van der Waals surface area contributed by atoms with E-state index >= 15 is 0 Å². The van der Waals surface area contributed by atoms with Crippen LogP contribution in [0.25, 0.3) is 0 Å². The Morgan fingerprint density at radius 1 is 1.10 bits per heavy atom. The summed E-state index contributed by atoms with van der Waals surface area (Å²) in [7, 11) is 4.07. The molecule has 2 nitrogen and oxygen atoms in total. The van der Waals surface area contributed by atoms with Crippen LogP contribution in [0.3, 0.4) is 0 Å². The molecule has 0 bridgehead atoms. The van der Waals surface area contributed by atoms with Gasteiger partial charge in [0.25, 0.3) is 0 Å². The third-order valence-electron chi connectivity index (χ3n) is 2.98. The molecular weight excluding hydrogens is 275 g/mol. The molecule has 0 heterocycles. The van der Waals surface area contributed by atoms with Crippen molar-refractivity contribution in [3.05, 3.63) is 64.4 Å². The van der Waals surface area contributed by atoms with Crippen molar-refractivity contribution in [1.29, 1.82) is 0 Å². The minimum Gasteiger partial charge on any atom is -0.381 e. The Morgan fingerprint density at radius 2 is 1.80 bits per heavy atom. The molecule has 0 unspecified atom stereocenters. The van der Waals surface area contributed by atoms with Crippen molar-refractivity contribution in [3.63, 3.8) is 0 Å². The molecule has 0 amide bonds. The van der Waals surface area contributed by atoms with Gasteiger partial charge in [0.15, 0.2) is 0 Å². The maximum atomic E-state index is 13.6. The molecule has 0 spiro atoms. The molecule has 20 heavy (non-hydrogen) atoms. The van der Waals surface area contributed by atoms with E-state index in [4.69, 9.17) is 11.6 Å². The first-order valence-electron chi connectivity index (χ1n) is 6.46. The second-order valence-electron chi connectivity index (χ2n) is 4.99. The van der Waals surface area contributed by atoms with E-state index < -0.39 is 0 Å². The third kappa shape index (κ3) is 3.95. The normalized spacial score (nSPS) is 10.8. The van der Waals surface area contributed by atoms with E-state index in [0.717, 1.165) is 12.2 Å². The van der Waals surface area contributed by atoms with Gasteiger partial charge in [0, 0.05) is 29.4 Å². The molecular formula is C16H18ClFN2. The third-order valence-corrected chi connectivity index (χ3v) is 3.34. The fourth-order valence-corrected chi connectivity index (χ4v) is 2.21. The number of hydrogen-bond donors (Lipinski definition) is 1. The Morgan fingerprint density at radius 3 is 2.40 bits per heavy atom. The molecule has 0 aliphatic carbocycles. The molecule has 0 radical (unpaired) electrons. The summed E-state index contributed by atoms with van der Waals surface area (Å²) >= 11 is 5.99. The van der Waals surface area contributed by atoms with Crippen LogP contribution in [0.1, 0.15) is 11.1 Å². The van der Waals surface area contributed by atoms with Gasteiger partial charge in [0.1, 0.15) is 5.82 Å². The van der Waals surface area contributed by atoms with Gasteiger partial charge < -0.3 is 10.2 Å².